The van der Waals surface area contributed by atoms with E-state index >= 15 is 0 Å². The molecule has 0 saturated carbocycles. The van der Waals surface area contributed by atoms with Crippen molar-refractivity contribution in [2.75, 3.05) is 0 Å². The molecule has 0 radical (unpaired) electrons. The van der Waals surface area contributed by atoms with Gasteiger partial charge in [-0.1, -0.05) is 0 Å². The van der Waals surface area contributed by atoms with Crippen LogP contribution in [0.25, 0.3) is 0 Å². The fourth-order valence-electron chi connectivity index (χ4n) is 3.88. The van der Waals surface area contributed by atoms with Crippen molar-refractivity contribution in [2.24, 2.45) is 0 Å². The lowest BCUT2D eigenvalue weighted by Crippen LogP contribution is -2.60. The highest BCUT2D eigenvalue weighted by Gasteiger charge is 2.48. The van der Waals surface area contributed by atoms with E-state index in [1.807, 2.05) is 26.2 Å². The fourth-order valence-corrected chi connectivity index (χ4v) is 36.8. The second-order valence-corrected chi connectivity index (χ2v) is 40.8. The predicted molar refractivity (Wildman–Crippen MR) is 156 cm³/mol. The van der Waals surface area contributed by atoms with Gasteiger partial charge in [0.1, 0.15) is 0 Å². The van der Waals surface area contributed by atoms with Crippen LogP contribution in [-0.4, -0.2) is 68.7 Å². The van der Waals surface area contributed by atoms with Gasteiger partial charge >= 0.3 is 51.4 Å². The van der Waals surface area contributed by atoms with Gasteiger partial charge in [0.25, 0.3) is 0 Å². The van der Waals surface area contributed by atoms with Crippen LogP contribution in [-0.2, 0) is 33.8 Å². The molecule has 0 spiro atoms. The SMILES string of the molecule is C[SiH](C)O[Si](C)(C)O[Si](C)(C)O[Si](C)(C)O[Si](C)(C)O[Si](C)(C)O[Si](C)(C)OO[Si](C)(C)C. The van der Waals surface area contributed by atoms with Crippen molar-refractivity contribution in [3.05, 3.63) is 0 Å². The van der Waals surface area contributed by atoms with Gasteiger partial charge < -0.3 is 24.7 Å². The van der Waals surface area contributed by atoms with E-state index in [4.69, 9.17) is 33.8 Å². The highest BCUT2D eigenvalue weighted by atomic mass is 28.5. The maximum Gasteiger partial charge on any atom is 0.358 e. The van der Waals surface area contributed by atoms with Crippen LogP contribution in [0.15, 0.2) is 0 Å². The van der Waals surface area contributed by atoms with Gasteiger partial charge in [-0.25, -0.2) is 0 Å². The van der Waals surface area contributed by atoms with E-state index in [-0.39, 0.29) is 0 Å². The minimum Gasteiger partial charge on any atom is -0.440 e. The lowest BCUT2D eigenvalue weighted by Gasteiger charge is -2.43. The van der Waals surface area contributed by atoms with Crippen molar-refractivity contribution >= 4 is 68.7 Å². The third-order valence-corrected chi connectivity index (χ3v) is 28.5. The Labute approximate surface area is 213 Å². The Morgan fingerprint density at radius 2 is 0.636 bits per heavy atom. The van der Waals surface area contributed by atoms with Crippen molar-refractivity contribution in [2.45, 2.75) is 111 Å². The van der Waals surface area contributed by atoms with Gasteiger partial charge in [0.15, 0.2) is 9.04 Å². The summed E-state index contributed by atoms with van der Waals surface area (Å²) in [6.07, 6.45) is 0. The first-order chi connectivity index (χ1) is 14.2. The summed E-state index contributed by atoms with van der Waals surface area (Å²) in [7, 11) is -17.8. The largest absolute Gasteiger partial charge is 0.440 e. The van der Waals surface area contributed by atoms with Crippen LogP contribution in [0.4, 0.5) is 0 Å². The number of rotatable bonds is 15. The zero-order valence-electron chi connectivity index (χ0n) is 24.3. The summed E-state index contributed by atoms with van der Waals surface area (Å²) in [4.78, 5) is 0. The molecule has 0 rings (SSSR count). The molecule has 0 aromatic heterocycles. The van der Waals surface area contributed by atoms with Crippen LogP contribution in [0.5, 0.6) is 0 Å². The van der Waals surface area contributed by atoms with Crippen LogP contribution >= 0.6 is 0 Å². The van der Waals surface area contributed by atoms with Gasteiger partial charge in [0.05, 0.1) is 0 Å². The second-order valence-electron chi connectivity index (χ2n) is 12.4. The van der Waals surface area contributed by atoms with E-state index in [2.05, 4.69) is 85.1 Å². The van der Waals surface area contributed by atoms with E-state index in [0.29, 0.717) is 0 Å². The van der Waals surface area contributed by atoms with Crippen molar-refractivity contribution in [3.8, 4) is 0 Å². The molecule has 8 nitrogen and oxygen atoms in total. The zero-order chi connectivity index (χ0) is 26.7. The summed E-state index contributed by atoms with van der Waals surface area (Å²) in [5.41, 5.74) is 0. The second kappa shape index (κ2) is 11.9. The van der Waals surface area contributed by atoms with Crippen LogP contribution in [0.2, 0.25) is 111 Å². The molecular weight excluding hydrogens is 557 g/mol. The molecule has 0 aliphatic heterocycles. The number of hydrogen-bond donors (Lipinski definition) is 0. The average molecular weight is 609 g/mol. The molecule has 0 aromatic rings. The lowest BCUT2D eigenvalue weighted by atomic mass is 11.8. The Balaban J connectivity index is 5.17. The third-order valence-electron chi connectivity index (χ3n) is 3.47. The molecular formula is C17H52O8Si8. The van der Waals surface area contributed by atoms with E-state index in [1.165, 1.54) is 0 Å². The van der Waals surface area contributed by atoms with E-state index < -0.39 is 68.7 Å². The van der Waals surface area contributed by atoms with E-state index in [1.54, 1.807) is 0 Å². The Morgan fingerprint density at radius 3 is 0.909 bits per heavy atom. The molecule has 0 saturated heterocycles. The molecule has 0 aliphatic rings. The molecule has 0 amide bonds. The molecule has 0 atom stereocenters. The van der Waals surface area contributed by atoms with E-state index in [0.717, 1.165) is 0 Å². The monoisotopic (exact) mass is 608 g/mol. The van der Waals surface area contributed by atoms with Crippen molar-refractivity contribution in [1.29, 1.82) is 0 Å². The average Bonchev–Trinajstić information content (AvgIpc) is 2.35. The Morgan fingerprint density at radius 1 is 0.364 bits per heavy atom. The summed E-state index contributed by atoms with van der Waals surface area (Å²) < 4.78 is 50.2. The van der Waals surface area contributed by atoms with Gasteiger partial charge in [-0.3, -0.25) is 9.15 Å². The first kappa shape index (κ1) is 34.4. The molecule has 0 unspecified atom stereocenters. The van der Waals surface area contributed by atoms with Crippen LogP contribution < -0.4 is 0 Å². The summed E-state index contributed by atoms with van der Waals surface area (Å²) >= 11 is 0. The Hall–Kier alpha value is 1.42. The van der Waals surface area contributed by atoms with Gasteiger partial charge in [-0.2, -0.15) is 0 Å². The minimum atomic E-state index is -2.56. The summed E-state index contributed by atoms with van der Waals surface area (Å²) in [6.45, 7) is 35.2. The van der Waals surface area contributed by atoms with Crippen LogP contribution in [0.3, 0.4) is 0 Å². The standard InChI is InChI=1S/C17H52O8Si8/c1-26(2)20-29(8,9)22-31(12,13)24-33(16,17)25-32(14,15)23-30(10,11)21-28(6,7)19-18-27(3,4)5/h26H,1-17H3. The predicted octanol–water partition coefficient (Wildman–Crippen LogP) is 6.06. The summed E-state index contributed by atoms with van der Waals surface area (Å²) in [6, 6.07) is 0. The van der Waals surface area contributed by atoms with Crippen LogP contribution in [0, 0.1) is 0 Å². The summed E-state index contributed by atoms with van der Waals surface area (Å²) in [5, 5.41) is 0. The highest BCUT2D eigenvalue weighted by Crippen LogP contribution is 2.28. The maximum atomic E-state index is 6.60. The Kier molecular flexibility index (Phi) is 12.4. The fraction of sp³-hybridized carbons (Fsp3) is 1.00. The van der Waals surface area contributed by atoms with Crippen molar-refractivity contribution in [3.63, 3.8) is 0 Å². The summed E-state index contributed by atoms with van der Waals surface area (Å²) in [5.74, 6) is 0. The topological polar surface area (TPSA) is 73.8 Å². The Bertz CT molecular complexity index is 621. The normalized spacial score (nSPS) is 15.5. The zero-order valence-corrected chi connectivity index (χ0v) is 32.5. The molecule has 0 aliphatic carbocycles. The molecule has 33 heavy (non-hydrogen) atoms. The molecule has 200 valence electrons. The first-order valence-electron chi connectivity index (χ1n) is 11.7. The van der Waals surface area contributed by atoms with Crippen molar-refractivity contribution in [1.82, 2.24) is 0 Å². The lowest BCUT2D eigenvalue weighted by molar-refractivity contribution is -0.138. The number of hydrogen-bond acceptors (Lipinski definition) is 8. The quantitative estimate of drug-likeness (QED) is 0.126. The maximum absolute atomic E-state index is 6.60. The molecule has 0 bridgehead atoms. The molecule has 0 heterocycles. The smallest absolute Gasteiger partial charge is 0.358 e. The molecule has 0 N–H and O–H groups in total. The minimum absolute atomic E-state index is 1.18. The highest BCUT2D eigenvalue weighted by molar-refractivity contribution is 6.90. The first-order valence-corrected chi connectivity index (χ1v) is 34.8. The van der Waals surface area contributed by atoms with Gasteiger partial charge in [-0.05, 0) is 111 Å². The van der Waals surface area contributed by atoms with Crippen molar-refractivity contribution < 1.29 is 33.8 Å². The van der Waals surface area contributed by atoms with Gasteiger partial charge in [-0.15, -0.1) is 0 Å². The third kappa shape index (κ3) is 17.5. The molecule has 16 heteroatoms. The molecule has 0 aromatic carbocycles. The van der Waals surface area contributed by atoms with Gasteiger partial charge in [0, 0.05) is 0 Å². The van der Waals surface area contributed by atoms with Gasteiger partial charge in [0.2, 0.25) is 8.32 Å². The van der Waals surface area contributed by atoms with Crippen LogP contribution in [0.1, 0.15) is 0 Å². The molecule has 0 fully saturated rings. The van der Waals surface area contributed by atoms with E-state index in [9.17, 15) is 0 Å².